The third-order valence-corrected chi connectivity index (χ3v) is 4.50. The van der Waals surface area contributed by atoms with Crippen molar-refractivity contribution in [2.75, 3.05) is 10.6 Å². The van der Waals surface area contributed by atoms with Gasteiger partial charge in [-0.25, -0.2) is 4.79 Å². The van der Waals surface area contributed by atoms with E-state index in [2.05, 4.69) is 10.6 Å². The number of amides is 2. The molecule has 27 heavy (non-hydrogen) atoms. The van der Waals surface area contributed by atoms with Crippen LogP contribution in [0.5, 0.6) is 0 Å². The van der Waals surface area contributed by atoms with Crippen molar-refractivity contribution in [3.63, 3.8) is 0 Å². The molecule has 0 bridgehead atoms. The van der Waals surface area contributed by atoms with E-state index in [0.29, 0.717) is 23.4 Å². The summed E-state index contributed by atoms with van der Waals surface area (Å²) < 4.78 is 5.43. The van der Waals surface area contributed by atoms with Gasteiger partial charge in [0.05, 0.1) is 5.56 Å². The summed E-state index contributed by atoms with van der Waals surface area (Å²) in [4.78, 5) is 36.7. The van der Waals surface area contributed by atoms with Crippen LogP contribution in [0.3, 0.4) is 0 Å². The van der Waals surface area contributed by atoms with Crippen molar-refractivity contribution in [3.05, 3.63) is 59.7 Å². The largest absolute Gasteiger partial charge is 0.445 e. The third kappa shape index (κ3) is 4.00. The number of benzene rings is 2. The summed E-state index contributed by atoms with van der Waals surface area (Å²) >= 11 is 0. The monoisotopic (exact) mass is 366 g/mol. The Morgan fingerprint density at radius 2 is 1.59 bits per heavy atom. The molecule has 2 N–H and O–H groups in total. The van der Waals surface area contributed by atoms with Crippen LogP contribution in [0.2, 0.25) is 0 Å². The number of fused-ring (bicyclic) bond motifs is 1. The number of cyclic esters (lactones) is 1. The van der Waals surface area contributed by atoms with Crippen molar-refractivity contribution in [2.24, 2.45) is 5.92 Å². The van der Waals surface area contributed by atoms with Crippen LogP contribution < -0.4 is 10.6 Å². The van der Waals surface area contributed by atoms with Crippen molar-refractivity contribution >= 4 is 29.2 Å². The fourth-order valence-corrected chi connectivity index (χ4v) is 2.85. The van der Waals surface area contributed by atoms with Gasteiger partial charge in [0.25, 0.3) is 5.91 Å². The molecular formula is C21H22N2O4. The number of carbonyl (C=O) groups excluding carboxylic acids is 3. The zero-order valence-electron chi connectivity index (χ0n) is 15.5. The molecule has 0 aliphatic carbocycles. The van der Waals surface area contributed by atoms with E-state index in [1.54, 1.807) is 43.3 Å². The lowest BCUT2D eigenvalue weighted by atomic mass is 9.89. The lowest BCUT2D eigenvalue weighted by Crippen LogP contribution is -2.48. The molecule has 0 radical (unpaired) electrons. The van der Waals surface area contributed by atoms with Crippen molar-refractivity contribution in [1.82, 2.24) is 0 Å². The van der Waals surface area contributed by atoms with Gasteiger partial charge in [0.1, 0.15) is 0 Å². The Hall–Kier alpha value is -3.15. The van der Waals surface area contributed by atoms with E-state index in [0.717, 1.165) is 5.56 Å². The highest BCUT2D eigenvalue weighted by Gasteiger charge is 2.42. The Bertz CT molecular complexity index is 889. The SMILES string of the molecule is CC(C)C(=O)Nc1ccc(NC(=O)C2(C)Cc3ccccc3C(=O)O2)cc1. The Morgan fingerprint density at radius 3 is 2.22 bits per heavy atom. The van der Waals surface area contributed by atoms with E-state index in [9.17, 15) is 14.4 Å². The van der Waals surface area contributed by atoms with Crippen LogP contribution in [0.1, 0.15) is 36.7 Å². The number of hydrogen-bond donors (Lipinski definition) is 2. The highest BCUT2D eigenvalue weighted by atomic mass is 16.6. The molecule has 2 amide bonds. The van der Waals surface area contributed by atoms with Crippen molar-refractivity contribution < 1.29 is 19.1 Å². The Morgan fingerprint density at radius 1 is 1.00 bits per heavy atom. The van der Waals surface area contributed by atoms with Gasteiger partial charge in [-0.15, -0.1) is 0 Å². The summed E-state index contributed by atoms with van der Waals surface area (Å²) in [7, 11) is 0. The van der Waals surface area contributed by atoms with Gasteiger partial charge in [-0.05, 0) is 42.8 Å². The highest BCUT2D eigenvalue weighted by molar-refractivity contribution is 6.02. The molecule has 1 aliphatic rings. The fraction of sp³-hybridized carbons (Fsp3) is 0.286. The summed E-state index contributed by atoms with van der Waals surface area (Å²) in [6.45, 7) is 5.23. The summed E-state index contributed by atoms with van der Waals surface area (Å²) in [6.07, 6.45) is 0.309. The van der Waals surface area contributed by atoms with Crippen LogP contribution in [0, 0.1) is 5.92 Å². The van der Waals surface area contributed by atoms with Gasteiger partial charge >= 0.3 is 5.97 Å². The van der Waals surface area contributed by atoms with Crippen LogP contribution in [-0.4, -0.2) is 23.4 Å². The minimum absolute atomic E-state index is 0.0768. The minimum atomic E-state index is -1.28. The van der Waals surface area contributed by atoms with Crippen LogP contribution in [0.25, 0.3) is 0 Å². The molecule has 0 saturated heterocycles. The van der Waals surface area contributed by atoms with Gasteiger partial charge in [0, 0.05) is 23.7 Å². The number of rotatable bonds is 4. The van der Waals surface area contributed by atoms with Gasteiger partial charge < -0.3 is 15.4 Å². The third-order valence-electron chi connectivity index (χ3n) is 4.50. The van der Waals surface area contributed by atoms with Crippen molar-refractivity contribution in [3.8, 4) is 0 Å². The first kappa shape index (κ1) is 18.6. The zero-order chi connectivity index (χ0) is 19.6. The second-order valence-corrected chi connectivity index (χ2v) is 7.13. The van der Waals surface area contributed by atoms with Gasteiger partial charge in [-0.1, -0.05) is 32.0 Å². The second kappa shape index (κ2) is 7.23. The molecule has 2 aromatic carbocycles. The van der Waals surface area contributed by atoms with Crippen LogP contribution in [-0.2, 0) is 20.7 Å². The molecule has 1 aliphatic heterocycles. The fourth-order valence-electron chi connectivity index (χ4n) is 2.85. The molecule has 1 atom stereocenters. The maximum atomic E-state index is 12.7. The normalized spacial score (nSPS) is 18.4. The maximum absolute atomic E-state index is 12.7. The van der Waals surface area contributed by atoms with Crippen LogP contribution >= 0.6 is 0 Å². The molecule has 0 fully saturated rings. The number of anilines is 2. The van der Waals surface area contributed by atoms with E-state index in [4.69, 9.17) is 4.74 Å². The Balaban J connectivity index is 1.70. The molecule has 6 heteroatoms. The smallest absolute Gasteiger partial charge is 0.339 e. The number of carbonyl (C=O) groups is 3. The van der Waals surface area contributed by atoms with E-state index in [1.165, 1.54) is 0 Å². The molecule has 1 unspecified atom stereocenters. The van der Waals surface area contributed by atoms with Gasteiger partial charge in [-0.3, -0.25) is 9.59 Å². The number of esters is 1. The Kier molecular flexibility index (Phi) is 4.99. The van der Waals surface area contributed by atoms with Crippen molar-refractivity contribution in [1.29, 1.82) is 0 Å². The lowest BCUT2D eigenvalue weighted by molar-refractivity contribution is -0.134. The molecular weight excluding hydrogens is 344 g/mol. The van der Waals surface area contributed by atoms with Crippen LogP contribution in [0.15, 0.2) is 48.5 Å². The van der Waals surface area contributed by atoms with E-state index >= 15 is 0 Å². The topological polar surface area (TPSA) is 84.5 Å². The quantitative estimate of drug-likeness (QED) is 0.813. The predicted octanol–water partition coefficient (Wildman–Crippen LogP) is 3.39. The standard InChI is InChI=1S/C21H22N2O4/c1-13(2)18(24)22-15-8-10-16(11-9-15)23-20(26)21(3)12-14-6-4-5-7-17(14)19(25)27-21/h4-11,13H,12H2,1-3H3,(H,22,24)(H,23,26). The average Bonchev–Trinajstić information content (AvgIpc) is 2.63. The number of ether oxygens (including phenoxy) is 1. The summed E-state index contributed by atoms with van der Waals surface area (Å²) in [5.74, 6) is -1.09. The number of nitrogens with one attached hydrogen (secondary N) is 2. The molecule has 6 nitrogen and oxygen atoms in total. The molecule has 140 valence electrons. The molecule has 2 aromatic rings. The minimum Gasteiger partial charge on any atom is -0.445 e. The number of hydrogen-bond acceptors (Lipinski definition) is 4. The summed E-state index contributed by atoms with van der Waals surface area (Å²) in [6, 6.07) is 13.9. The zero-order valence-corrected chi connectivity index (χ0v) is 15.5. The van der Waals surface area contributed by atoms with Crippen molar-refractivity contribution in [2.45, 2.75) is 32.8 Å². The summed E-state index contributed by atoms with van der Waals surface area (Å²) in [5, 5.41) is 5.57. The molecule has 1 heterocycles. The van der Waals surface area contributed by atoms with E-state index < -0.39 is 17.5 Å². The first-order valence-corrected chi connectivity index (χ1v) is 8.82. The van der Waals surface area contributed by atoms with Gasteiger partial charge in [0.15, 0.2) is 5.60 Å². The predicted molar refractivity (Wildman–Crippen MR) is 103 cm³/mol. The first-order chi connectivity index (χ1) is 12.8. The van der Waals surface area contributed by atoms with Gasteiger partial charge in [-0.2, -0.15) is 0 Å². The lowest BCUT2D eigenvalue weighted by Gasteiger charge is -2.33. The molecule has 0 spiro atoms. The molecule has 3 rings (SSSR count). The average molecular weight is 366 g/mol. The molecule has 0 aromatic heterocycles. The van der Waals surface area contributed by atoms with Crippen LogP contribution in [0.4, 0.5) is 11.4 Å². The van der Waals surface area contributed by atoms with E-state index in [-0.39, 0.29) is 11.8 Å². The Labute approximate surface area is 157 Å². The van der Waals surface area contributed by atoms with E-state index in [1.807, 2.05) is 26.0 Å². The first-order valence-electron chi connectivity index (χ1n) is 8.82. The van der Waals surface area contributed by atoms with Gasteiger partial charge in [0.2, 0.25) is 5.91 Å². The highest BCUT2D eigenvalue weighted by Crippen LogP contribution is 2.29. The summed E-state index contributed by atoms with van der Waals surface area (Å²) in [5.41, 5.74) is 1.21. The molecule has 0 saturated carbocycles. The second-order valence-electron chi connectivity index (χ2n) is 7.13. The maximum Gasteiger partial charge on any atom is 0.339 e.